The highest BCUT2D eigenvalue weighted by Gasteiger charge is 2.09. The first kappa shape index (κ1) is 15.6. The van der Waals surface area contributed by atoms with Crippen LogP contribution in [0.2, 0.25) is 0 Å². The number of nitrogens with one attached hydrogen (secondary N) is 2. The highest BCUT2D eigenvalue weighted by molar-refractivity contribution is 7.99. The highest BCUT2D eigenvalue weighted by atomic mass is 32.2. The summed E-state index contributed by atoms with van der Waals surface area (Å²) in [5, 5.41) is 3.22. The molecule has 1 saturated heterocycles. The molecule has 1 heterocycles. The number of nitrogens with two attached hydrogens (primary N) is 1. The van der Waals surface area contributed by atoms with Gasteiger partial charge in [0.05, 0.1) is 0 Å². The van der Waals surface area contributed by atoms with E-state index in [1.807, 2.05) is 11.8 Å². The van der Waals surface area contributed by atoms with Crippen LogP contribution in [0.1, 0.15) is 6.42 Å². The van der Waals surface area contributed by atoms with Crippen molar-refractivity contribution in [2.75, 3.05) is 57.9 Å². The number of guanidine groups is 1. The van der Waals surface area contributed by atoms with Gasteiger partial charge in [0, 0.05) is 57.9 Å². The molecule has 0 radical (unpaired) electrons. The molecule has 4 N–H and O–H groups in total. The highest BCUT2D eigenvalue weighted by Crippen LogP contribution is 2.07. The molecule has 0 atom stereocenters. The maximum atomic E-state index is 5.42. The molecule has 0 unspecified atom stereocenters. The van der Waals surface area contributed by atoms with Crippen molar-refractivity contribution in [2.24, 2.45) is 10.8 Å². The summed E-state index contributed by atoms with van der Waals surface area (Å²) in [6.45, 7) is 5.73. The Bertz CT molecular complexity index is 233. The first-order valence-corrected chi connectivity index (χ1v) is 7.56. The van der Waals surface area contributed by atoms with E-state index in [-0.39, 0.29) is 0 Å². The Balaban J connectivity index is 2.09. The van der Waals surface area contributed by atoms with Crippen LogP contribution in [0.25, 0.3) is 0 Å². The van der Waals surface area contributed by atoms with Crippen molar-refractivity contribution in [3.8, 4) is 0 Å². The molecule has 0 aliphatic carbocycles. The van der Waals surface area contributed by atoms with Crippen molar-refractivity contribution in [3.63, 3.8) is 0 Å². The van der Waals surface area contributed by atoms with Crippen LogP contribution in [0.4, 0.5) is 0 Å². The molecule has 0 saturated carbocycles. The number of hydrogen-bond acceptors (Lipinski definition) is 5. The Hall–Kier alpha value is -0.500. The van der Waals surface area contributed by atoms with Crippen molar-refractivity contribution in [1.29, 1.82) is 0 Å². The lowest BCUT2D eigenvalue weighted by Crippen LogP contribution is -2.45. The number of rotatable bonds is 7. The van der Waals surface area contributed by atoms with Gasteiger partial charge >= 0.3 is 0 Å². The van der Waals surface area contributed by atoms with Crippen LogP contribution < -0.4 is 16.6 Å². The van der Waals surface area contributed by atoms with Gasteiger partial charge in [-0.1, -0.05) is 0 Å². The monoisotopic (exact) mass is 275 g/mol. The van der Waals surface area contributed by atoms with Gasteiger partial charge in [0.2, 0.25) is 5.96 Å². The maximum absolute atomic E-state index is 5.42. The Morgan fingerprint density at radius 1 is 1.44 bits per heavy atom. The van der Waals surface area contributed by atoms with Gasteiger partial charge in [-0.2, -0.15) is 11.8 Å². The average Bonchev–Trinajstić information content (AvgIpc) is 2.42. The van der Waals surface area contributed by atoms with Crippen LogP contribution in [0.5, 0.6) is 0 Å². The molecule has 18 heavy (non-hydrogen) atoms. The third-order valence-electron chi connectivity index (χ3n) is 2.74. The van der Waals surface area contributed by atoms with Crippen molar-refractivity contribution in [2.45, 2.75) is 6.42 Å². The van der Waals surface area contributed by atoms with Gasteiger partial charge in [-0.15, -0.1) is 0 Å². The summed E-state index contributed by atoms with van der Waals surface area (Å²) in [6.07, 6.45) is 0.909. The molecule has 0 bridgehead atoms. The number of methoxy groups -OCH3 is 1. The zero-order valence-electron chi connectivity index (χ0n) is 11.2. The van der Waals surface area contributed by atoms with E-state index < -0.39 is 0 Å². The standard InChI is InChI=1S/C11H25N5OS/c1-17-8-2-3-13-11(15-12)14-4-5-16-6-9-18-10-7-16/h2-10,12H2,1H3,(H2,13,14,15). The van der Waals surface area contributed by atoms with Crippen molar-refractivity contribution >= 4 is 17.7 Å². The van der Waals surface area contributed by atoms with Crippen molar-refractivity contribution < 1.29 is 4.74 Å². The summed E-state index contributed by atoms with van der Waals surface area (Å²) in [5.74, 6) is 8.57. The second kappa shape index (κ2) is 10.4. The Morgan fingerprint density at radius 2 is 2.22 bits per heavy atom. The zero-order valence-corrected chi connectivity index (χ0v) is 12.0. The van der Waals surface area contributed by atoms with Crippen LogP contribution >= 0.6 is 11.8 Å². The fourth-order valence-corrected chi connectivity index (χ4v) is 2.69. The lowest BCUT2D eigenvalue weighted by Gasteiger charge is -2.26. The lowest BCUT2D eigenvalue weighted by atomic mass is 10.4. The normalized spacial score (nSPS) is 17.8. The summed E-state index contributed by atoms with van der Waals surface area (Å²) in [6, 6.07) is 0. The van der Waals surface area contributed by atoms with Gasteiger partial charge in [0.25, 0.3) is 0 Å². The summed E-state index contributed by atoms with van der Waals surface area (Å²) in [7, 11) is 1.70. The van der Waals surface area contributed by atoms with Crippen LogP contribution in [0.15, 0.2) is 4.99 Å². The Kier molecular flexibility index (Phi) is 9.01. The predicted octanol–water partition coefficient (Wildman–Crippen LogP) is -0.519. The van der Waals surface area contributed by atoms with Crippen LogP contribution in [0.3, 0.4) is 0 Å². The number of hydrogen-bond donors (Lipinski definition) is 3. The van der Waals surface area contributed by atoms with Gasteiger partial charge < -0.3 is 10.1 Å². The van der Waals surface area contributed by atoms with E-state index in [0.29, 0.717) is 5.96 Å². The molecule has 0 spiro atoms. The molecule has 1 fully saturated rings. The molecular formula is C11H25N5OS. The number of aliphatic imine (C=N–C) groups is 1. The van der Waals surface area contributed by atoms with E-state index in [9.17, 15) is 0 Å². The van der Waals surface area contributed by atoms with Gasteiger partial charge in [-0.05, 0) is 6.42 Å². The maximum Gasteiger partial charge on any atom is 0.205 e. The van der Waals surface area contributed by atoms with Crippen molar-refractivity contribution in [3.05, 3.63) is 0 Å². The first-order valence-electron chi connectivity index (χ1n) is 6.41. The molecule has 0 amide bonds. The number of nitrogens with zero attached hydrogens (tertiary/aromatic N) is 2. The molecule has 0 aromatic carbocycles. The molecule has 1 aliphatic rings. The van der Waals surface area contributed by atoms with Crippen LogP contribution in [-0.2, 0) is 4.74 Å². The van der Waals surface area contributed by atoms with Crippen molar-refractivity contribution in [1.82, 2.24) is 15.6 Å². The topological polar surface area (TPSA) is 74.9 Å². The smallest absolute Gasteiger partial charge is 0.205 e. The molecular weight excluding hydrogens is 250 g/mol. The lowest BCUT2D eigenvalue weighted by molar-refractivity contribution is 0.197. The summed E-state index contributed by atoms with van der Waals surface area (Å²) in [4.78, 5) is 6.79. The van der Waals surface area contributed by atoms with E-state index in [4.69, 9.17) is 10.6 Å². The minimum atomic E-state index is 0.664. The van der Waals surface area contributed by atoms with E-state index in [1.165, 1.54) is 24.6 Å². The van der Waals surface area contributed by atoms with Crippen LogP contribution in [0, 0.1) is 0 Å². The van der Waals surface area contributed by atoms with E-state index in [1.54, 1.807) is 7.11 Å². The quantitative estimate of drug-likeness (QED) is 0.191. The van der Waals surface area contributed by atoms with Gasteiger partial charge in [0.1, 0.15) is 0 Å². The summed E-state index contributed by atoms with van der Waals surface area (Å²) in [5.41, 5.74) is 2.59. The van der Waals surface area contributed by atoms with E-state index in [2.05, 4.69) is 20.6 Å². The SMILES string of the molecule is COCCCN=C(NN)NCCN1CCSCC1. The average molecular weight is 275 g/mol. The Labute approximate surface area is 114 Å². The zero-order chi connectivity index (χ0) is 13.1. The second-order valence-electron chi connectivity index (χ2n) is 4.10. The fourth-order valence-electron chi connectivity index (χ4n) is 1.71. The molecule has 7 heteroatoms. The summed E-state index contributed by atoms with van der Waals surface area (Å²) < 4.78 is 4.97. The van der Waals surface area contributed by atoms with Crippen LogP contribution in [-0.4, -0.2) is 68.8 Å². The number of hydrazine groups is 1. The Morgan fingerprint density at radius 3 is 2.89 bits per heavy atom. The molecule has 0 aromatic heterocycles. The number of thioether (sulfide) groups is 1. The predicted molar refractivity (Wildman–Crippen MR) is 77.9 cm³/mol. The second-order valence-corrected chi connectivity index (χ2v) is 5.33. The van der Waals surface area contributed by atoms with E-state index in [0.717, 1.165) is 32.7 Å². The molecule has 0 aromatic rings. The fraction of sp³-hybridized carbons (Fsp3) is 0.909. The third kappa shape index (κ3) is 7.05. The molecule has 1 aliphatic heterocycles. The first-order chi connectivity index (χ1) is 8.86. The summed E-state index contributed by atoms with van der Waals surface area (Å²) >= 11 is 2.03. The van der Waals surface area contributed by atoms with Gasteiger partial charge in [-0.25, -0.2) is 5.84 Å². The molecule has 106 valence electrons. The number of ether oxygens (including phenoxy) is 1. The van der Waals surface area contributed by atoms with E-state index >= 15 is 0 Å². The molecule has 1 rings (SSSR count). The minimum Gasteiger partial charge on any atom is -0.385 e. The third-order valence-corrected chi connectivity index (χ3v) is 3.68. The van der Waals surface area contributed by atoms with Gasteiger partial charge in [0.15, 0.2) is 0 Å². The largest absolute Gasteiger partial charge is 0.385 e. The molecule has 6 nitrogen and oxygen atoms in total. The van der Waals surface area contributed by atoms with Gasteiger partial charge in [-0.3, -0.25) is 15.3 Å². The minimum absolute atomic E-state index is 0.664.